The average molecular weight is 890 g/mol. The van der Waals surface area contributed by atoms with Crippen molar-refractivity contribution in [1.82, 2.24) is 9.13 Å². The number of hydrogen-bond donors (Lipinski definition) is 0. The maximum absolute atomic E-state index is 2.54. The quantitative estimate of drug-likeness (QED) is 0.162. The van der Waals surface area contributed by atoms with E-state index in [0.717, 1.165) is 33.8 Å². The molecule has 0 unspecified atom stereocenters. The Morgan fingerprint density at radius 1 is 0.286 bits per heavy atom. The Labute approximate surface area is 406 Å². The molecule has 2 heterocycles. The molecule has 326 valence electrons. The SMILES string of the molecule is c1ccc(-c2ccc(N(c3ccc4c5ccccc5n(-c5ccccc5)c4c3)c3ccc4c5ccccc5n(-c5cccc6c5-c5ccccc5C65c6ccccc6-c6ccccc65)c4c3)cc2)cc1. The van der Waals surface area contributed by atoms with Gasteiger partial charge in [0.2, 0.25) is 0 Å². The molecule has 2 aliphatic carbocycles. The third-order valence-electron chi connectivity index (χ3n) is 15.3. The molecule has 0 saturated carbocycles. The number of aromatic nitrogens is 2. The van der Waals surface area contributed by atoms with Crippen LogP contribution in [-0.2, 0) is 5.41 Å². The van der Waals surface area contributed by atoms with Crippen molar-refractivity contribution in [3.05, 3.63) is 283 Å². The Hall–Kier alpha value is -9.18. The lowest BCUT2D eigenvalue weighted by molar-refractivity contribution is 0.793. The lowest BCUT2D eigenvalue weighted by Gasteiger charge is -2.30. The molecule has 0 aliphatic heterocycles. The molecule has 0 radical (unpaired) electrons. The summed E-state index contributed by atoms with van der Waals surface area (Å²) < 4.78 is 4.95. The van der Waals surface area contributed by atoms with Gasteiger partial charge in [-0.15, -0.1) is 0 Å². The van der Waals surface area contributed by atoms with Gasteiger partial charge in [-0.2, -0.15) is 0 Å². The van der Waals surface area contributed by atoms with Crippen molar-refractivity contribution >= 4 is 60.7 Å². The van der Waals surface area contributed by atoms with Crippen molar-refractivity contribution < 1.29 is 0 Å². The maximum atomic E-state index is 2.54. The fraction of sp³-hybridized carbons (Fsp3) is 0.0149. The highest BCUT2D eigenvalue weighted by Gasteiger charge is 2.52. The summed E-state index contributed by atoms with van der Waals surface area (Å²) in [5.41, 5.74) is 22.7. The van der Waals surface area contributed by atoms with E-state index >= 15 is 0 Å². The number of anilines is 3. The number of para-hydroxylation sites is 3. The summed E-state index contributed by atoms with van der Waals surface area (Å²) in [7, 11) is 0. The van der Waals surface area contributed by atoms with Crippen LogP contribution < -0.4 is 4.90 Å². The van der Waals surface area contributed by atoms with Gasteiger partial charge >= 0.3 is 0 Å². The van der Waals surface area contributed by atoms with Gasteiger partial charge in [-0.1, -0.05) is 194 Å². The van der Waals surface area contributed by atoms with E-state index in [2.05, 4.69) is 275 Å². The van der Waals surface area contributed by atoms with Crippen LogP contribution in [0.2, 0.25) is 0 Å². The average Bonchev–Trinajstić information content (AvgIpc) is 4.14. The molecule has 3 nitrogen and oxygen atoms in total. The zero-order valence-corrected chi connectivity index (χ0v) is 38.2. The lowest BCUT2D eigenvalue weighted by atomic mass is 9.70. The monoisotopic (exact) mass is 889 g/mol. The van der Waals surface area contributed by atoms with Crippen molar-refractivity contribution in [2.45, 2.75) is 5.41 Å². The predicted octanol–water partition coefficient (Wildman–Crippen LogP) is 17.4. The minimum atomic E-state index is -0.442. The van der Waals surface area contributed by atoms with Crippen LogP contribution in [-0.4, -0.2) is 9.13 Å². The van der Waals surface area contributed by atoms with Crippen molar-refractivity contribution in [2.24, 2.45) is 0 Å². The third kappa shape index (κ3) is 5.34. The van der Waals surface area contributed by atoms with E-state index in [4.69, 9.17) is 0 Å². The molecule has 0 bridgehead atoms. The summed E-state index contributed by atoms with van der Waals surface area (Å²) in [6.07, 6.45) is 0. The Balaban J connectivity index is 0.988. The minimum Gasteiger partial charge on any atom is -0.310 e. The number of fused-ring (bicyclic) bond motifs is 16. The maximum Gasteiger partial charge on any atom is 0.0726 e. The molecule has 0 atom stereocenters. The van der Waals surface area contributed by atoms with Crippen LogP contribution in [0.3, 0.4) is 0 Å². The Morgan fingerprint density at radius 3 is 1.36 bits per heavy atom. The number of rotatable bonds is 6. The van der Waals surface area contributed by atoms with Crippen LogP contribution in [0.4, 0.5) is 17.1 Å². The summed E-state index contributed by atoms with van der Waals surface area (Å²) in [5.74, 6) is 0. The van der Waals surface area contributed by atoms with Gasteiger partial charge in [0.05, 0.1) is 33.2 Å². The van der Waals surface area contributed by atoms with Gasteiger partial charge in [0.25, 0.3) is 0 Å². The largest absolute Gasteiger partial charge is 0.310 e. The number of benzene rings is 11. The van der Waals surface area contributed by atoms with Gasteiger partial charge in [-0.3, -0.25) is 0 Å². The highest BCUT2D eigenvalue weighted by Crippen LogP contribution is 2.63. The third-order valence-corrected chi connectivity index (χ3v) is 15.3. The molecule has 0 amide bonds. The van der Waals surface area contributed by atoms with E-state index in [1.165, 1.54) is 93.9 Å². The van der Waals surface area contributed by atoms with Gasteiger partial charge in [0, 0.05) is 49.9 Å². The van der Waals surface area contributed by atoms with Crippen molar-refractivity contribution in [2.75, 3.05) is 4.90 Å². The Bertz CT molecular complexity index is 4190. The van der Waals surface area contributed by atoms with E-state index in [9.17, 15) is 0 Å². The van der Waals surface area contributed by atoms with Crippen molar-refractivity contribution in [1.29, 1.82) is 0 Å². The standard InChI is InChI=1S/C67H43N3/c1-3-18-44(19-4-1)45-34-36-47(37-35-45)68(48-38-40-54-52-24-10-15-31-61(52)69(64(54)42-48)46-20-5-2-6-21-46)49-39-41-55-53-25-11-16-32-62(53)70(65(55)43-49)63-33-17-30-60-66(63)56-26-9-14-29-59(56)67(60)57-27-12-7-22-50(57)51-23-8-13-28-58(51)67/h1-43H. The molecule has 2 aromatic heterocycles. The second-order valence-corrected chi connectivity index (χ2v) is 18.8. The zero-order chi connectivity index (χ0) is 45.9. The normalized spacial score (nSPS) is 13.0. The topological polar surface area (TPSA) is 13.1 Å². The molecular weight excluding hydrogens is 847 g/mol. The second kappa shape index (κ2) is 14.9. The summed E-state index contributed by atoms with van der Waals surface area (Å²) in [4.78, 5) is 2.44. The van der Waals surface area contributed by atoms with Gasteiger partial charge in [0.1, 0.15) is 0 Å². The summed E-state index contributed by atoms with van der Waals surface area (Å²) in [6.45, 7) is 0. The number of nitrogens with zero attached hydrogens (tertiary/aromatic N) is 3. The van der Waals surface area contributed by atoms with E-state index in [-0.39, 0.29) is 0 Å². The molecule has 1 spiro atoms. The van der Waals surface area contributed by atoms with Crippen LogP contribution in [0.25, 0.3) is 88.4 Å². The molecule has 11 aromatic carbocycles. The fourth-order valence-electron chi connectivity index (χ4n) is 12.5. The Kier molecular flexibility index (Phi) is 8.28. The minimum absolute atomic E-state index is 0.442. The van der Waals surface area contributed by atoms with Crippen LogP contribution in [0.15, 0.2) is 261 Å². The van der Waals surface area contributed by atoms with Crippen molar-refractivity contribution in [3.63, 3.8) is 0 Å². The van der Waals surface area contributed by atoms with Crippen LogP contribution >= 0.6 is 0 Å². The first-order chi connectivity index (χ1) is 34.8. The summed E-state index contributed by atoms with van der Waals surface area (Å²) in [6, 6.07) is 96.6. The second-order valence-electron chi connectivity index (χ2n) is 18.8. The highest BCUT2D eigenvalue weighted by molar-refractivity contribution is 6.13. The molecule has 2 aliphatic rings. The summed E-state index contributed by atoms with van der Waals surface area (Å²) >= 11 is 0. The molecular formula is C67H43N3. The first-order valence-corrected chi connectivity index (χ1v) is 24.3. The lowest BCUT2D eigenvalue weighted by Crippen LogP contribution is -2.25. The van der Waals surface area contributed by atoms with E-state index in [1.54, 1.807) is 0 Å². The molecule has 13 aromatic rings. The van der Waals surface area contributed by atoms with Gasteiger partial charge in [-0.25, -0.2) is 0 Å². The molecule has 0 saturated heterocycles. The molecule has 0 fully saturated rings. The Morgan fingerprint density at radius 2 is 0.729 bits per heavy atom. The van der Waals surface area contributed by atoms with E-state index in [1.807, 2.05) is 0 Å². The molecule has 70 heavy (non-hydrogen) atoms. The van der Waals surface area contributed by atoms with Gasteiger partial charge in [-0.05, 0) is 117 Å². The smallest absolute Gasteiger partial charge is 0.0726 e. The summed E-state index contributed by atoms with van der Waals surface area (Å²) in [5, 5.41) is 4.91. The first-order valence-electron chi connectivity index (χ1n) is 24.3. The molecule has 0 N–H and O–H groups in total. The van der Waals surface area contributed by atoms with Gasteiger partial charge < -0.3 is 14.0 Å². The van der Waals surface area contributed by atoms with Crippen LogP contribution in [0.5, 0.6) is 0 Å². The predicted molar refractivity (Wildman–Crippen MR) is 292 cm³/mol. The molecule has 15 rings (SSSR count). The van der Waals surface area contributed by atoms with Crippen LogP contribution in [0, 0.1) is 0 Å². The first kappa shape index (κ1) is 38.9. The fourth-order valence-corrected chi connectivity index (χ4v) is 12.5. The highest BCUT2D eigenvalue weighted by atomic mass is 15.1. The zero-order valence-electron chi connectivity index (χ0n) is 38.2. The number of hydrogen-bond acceptors (Lipinski definition) is 1. The van der Waals surface area contributed by atoms with Gasteiger partial charge in [0.15, 0.2) is 0 Å². The van der Waals surface area contributed by atoms with Crippen LogP contribution in [0.1, 0.15) is 22.3 Å². The molecule has 3 heteroatoms. The van der Waals surface area contributed by atoms with Crippen molar-refractivity contribution in [3.8, 4) is 44.8 Å². The van der Waals surface area contributed by atoms with E-state index < -0.39 is 5.41 Å². The van der Waals surface area contributed by atoms with E-state index in [0.29, 0.717) is 0 Å².